The number of fused-ring (bicyclic) bond motifs is 1. The lowest BCUT2D eigenvalue weighted by Gasteiger charge is -2.06. The van der Waals surface area contributed by atoms with Crippen molar-refractivity contribution in [2.24, 2.45) is 0 Å². The Kier molecular flexibility index (Phi) is 3.04. The van der Waals surface area contributed by atoms with Crippen LogP contribution in [0.4, 0.5) is 5.69 Å². The third-order valence-corrected chi connectivity index (χ3v) is 3.06. The van der Waals surface area contributed by atoms with E-state index in [-0.39, 0.29) is 6.61 Å². The van der Waals surface area contributed by atoms with Crippen LogP contribution in [0.15, 0.2) is 34.7 Å². The Morgan fingerprint density at radius 2 is 1.89 bits per heavy atom. The molecular weight excluding hydrogens is 230 g/mol. The number of nitrogens with one attached hydrogen (secondary N) is 1. The maximum atomic E-state index is 8.91. The van der Waals surface area contributed by atoms with Crippen molar-refractivity contribution in [2.45, 2.75) is 26.4 Å². The van der Waals surface area contributed by atoms with E-state index in [0.717, 1.165) is 11.4 Å². The molecule has 1 aromatic heterocycles. The summed E-state index contributed by atoms with van der Waals surface area (Å²) >= 11 is 0. The van der Waals surface area contributed by atoms with Crippen LogP contribution in [0.3, 0.4) is 0 Å². The van der Waals surface area contributed by atoms with Gasteiger partial charge in [0, 0.05) is 5.69 Å². The van der Waals surface area contributed by atoms with Crippen molar-refractivity contribution < 1.29 is 14.3 Å². The molecule has 3 rings (SSSR count). The molecule has 0 bridgehead atoms. The minimum Gasteiger partial charge on any atom is -0.462 e. The van der Waals surface area contributed by atoms with E-state index in [2.05, 4.69) is 17.4 Å². The van der Waals surface area contributed by atoms with Crippen molar-refractivity contribution in [3.8, 4) is 0 Å². The summed E-state index contributed by atoms with van der Waals surface area (Å²) in [5, 5.41) is 12.2. The molecule has 0 saturated heterocycles. The fourth-order valence-electron chi connectivity index (χ4n) is 2.07. The molecule has 1 aliphatic heterocycles. The first-order chi connectivity index (χ1) is 8.85. The molecule has 2 aromatic rings. The lowest BCUT2D eigenvalue weighted by Crippen LogP contribution is -1.98. The fraction of sp³-hybridized carbons (Fsp3) is 0.286. The predicted octanol–water partition coefficient (Wildman–Crippen LogP) is 2.41. The lowest BCUT2D eigenvalue weighted by atomic mass is 10.1. The van der Waals surface area contributed by atoms with E-state index in [0.29, 0.717) is 25.5 Å². The second kappa shape index (κ2) is 4.84. The first-order valence-electron chi connectivity index (χ1n) is 5.97. The predicted molar refractivity (Wildman–Crippen MR) is 66.9 cm³/mol. The molecule has 4 heteroatoms. The van der Waals surface area contributed by atoms with Gasteiger partial charge in [0.05, 0.1) is 19.8 Å². The summed E-state index contributed by atoms with van der Waals surface area (Å²) in [6.07, 6.45) is 0. The number of rotatable bonds is 4. The third kappa shape index (κ3) is 2.25. The summed E-state index contributed by atoms with van der Waals surface area (Å²) < 4.78 is 10.8. The summed E-state index contributed by atoms with van der Waals surface area (Å²) in [5.41, 5.74) is 3.57. The van der Waals surface area contributed by atoms with Gasteiger partial charge in [0.25, 0.3) is 0 Å². The van der Waals surface area contributed by atoms with E-state index in [9.17, 15) is 0 Å². The highest BCUT2D eigenvalue weighted by Gasteiger charge is 2.11. The maximum absolute atomic E-state index is 8.91. The van der Waals surface area contributed by atoms with Gasteiger partial charge in [-0.2, -0.15) is 0 Å². The van der Waals surface area contributed by atoms with Gasteiger partial charge >= 0.3 is 0 Å². The van der Waals surface area contributed by atoms with Crippen molar-refractivity contribution in [3.05, 3.63) is 53.0 Å². The average Bonchev–Trinajstić information content (AvgIpc) is 3.04. The van der Waals surface area contributed by atoms with Crippen LogP contribution < -0.4 is 5.32 Å². The van der Waals surface area contributed by atoms with Crippen molar-refractivity contribution in [3.63, 3.8) is 0 Å². The van der Waals surface area contributed by atoms with Gasteiger partial charge in [0.15, 0.2) is 0 Å². The topological polar surface area (TPSA) is 54.6 Å². The van der Waals surface area contributed by atoms with E-state index in [1.165, 1.54) is 11.1 Å². The standard InChI is InChI=1S/C14H15NO3/c16-7-14-4-3-13(18-14)6-15-12-2-1-10-8-17-9-11(10)5-12/h1-5,15-16H,6-9H2. The molecular formula is C14H15NO3. The molecule has 0 saturated carbocycles. The second-order valence-electron chi connectivity index (χ2n) is 4.36. The van der Waals surface area contributed by atoms with Crippen molar-refractivity contribution in [2.75, 3.05) is 5.32 Å². The smallest absolute Gasteiger partial charge is 0.129 e. The number of benzene rings is 1. The van der Waals surface area contributed by atoms with Gasteiger partial charge in [0.1, 0.15) is 18.1 Å². The minimum absolute atomic E-state index is 0.0593. The van der Waals surface area contributed by atoms with Gasteiger partial charge in [-0.15, -0.1) is 0 Å². The molecule has 1 aliphatic rings. The average molecular weight is 245 g/mol. The Morgan fingerprint density at radius 3 is 2.72 bits per heavy atom. The van der Waals surface area contributed by atoms with E-state index in [4.69, 9.17) is 14.3 Å². The molecule has 0 amide bonds. The van der Waals surface area contributed by atoms with E-state index in [1.807, 2.05) is 12.1 Å². The number of hydrogen-bond donors (Lipinski definition) is 2. The molecule has 1 aromatic carbocycles. The Bertz CT molecular complexity index is 548. The van der Waals surface area contributed by atoms with Crippen LogP contribution in [0.25, 0.3) is 0 Å². The molecule has 94 valence electrons. The molecule has 2 N–H and O–H groups in total. The van der Waals surface area contributed by atoms with Gasteiger partial charge in [-0.1, -0.05) is 6.07 Å². The lowest BCUT2D eigenvalue weighted by molar-refractivity contribution is 0.134. The van der Waals surface area contributed by atoms with Crippen molar-refractivity contribution >= 4 is 5.69 Å². The van der Waals surface area contributed by atoms with Crippen molar-refractivity contribution in [1.29, 1.82) is 0 Å². The van der Waals surface area contributed by atoms with Gasteiger partial charge in [-0.25, -0.2) is 0 Å². The highest BCUT2D eigenvalue weighted by Crippen LogP contribution is 2.23. The second-order valence-corrected chi connectivity index (χ2v) is 4.36. The van der Waals surface area contributed by atoms with Gasteiger partial charge in [-0.3, -0.25) is 0 Å². The van der Waals surface area contributed by atoms with Crippen LogP contribution in [0.5, 0.6) is 0 Å². The maximum Gasteiger partial charge on any atom is 0.129 e. The highest BCUT2D eigenvalue weighted by molar-refractivity contribution is 5.49. The zero-order valence-electron chi connectivity index (χ0n) is 9.98. The molecule has 0 spiro atoms. The quantitative estimate of drug-likeness (QED) is 0.868. The Hall–Kier alpha value is -1.78. The number of aliphatic hydroxyl groups is 1. The number of anilines is 1. The SMILES string of the molecule is OCc1ccc(CNc2ccc3c(c2)COC3)o1. The van der Waals surface area contributed by atoms with Gasteiger partial charge in [-0.05, 0) is 35.4 Å². The Labute approximate surface area is 105 Å². The van der Waals surface area contributed by atoms with Crippen LogP contribution in [0.1, 0.15) is 22.6 Å². The van der Waals surface area contributed by atoms with Crippen LogP contribution in [0.2, 0.25) is 0 Å². The van der Waals surface area contributed by atoms with Crippen LogP contribution in [-0.4, -0.2) is 5.11 Å². The third-order valence-electron chi connectivity index (χ3n) is 3.06. The van der Waals surface area contributed by atoms with E-state index in [1.54, 1.807) is 6.07 Å². The Morgan fingerprint density at radius 1 is 1.06 bits per heavy atom. The summed E-state index contributed by atoms with van der Waals surface area (Å²) in [7, 11) is 0. The fourth-order valence-corrected chi connectivity index (χ4v) is 2.07. The van der Waals surface area contributed by atoms with E-state index < -0.39 is 0 Å². The van der Waals surface area contributed by atoms with Crippen molar-refractivity contribution in [1.82, 2.24) is 0 Å². The zero-order chi connectivity index (χ0) is 12.4. The van der Waals surface area contributed by atoms with Crippen LogP contribution in [0, 0.1) is 0 Å². The first kappa shape index (κ1) is 11.3. The Balaban J connectivity index is 1.66. The number of ether oxygens (including phenoxy) is 1. The normalized spacial score (nSPS) is 13.6. The molecule has 0 atom stereocenters. The first-order valence-corrected chi connectivity index (χ1v) is 5.97. The molecule has 0 fully saturated rings. The van der Waals surface area contributed by atoms with Gasteiger partial charge in [0.2, 0.25) is 0 Å². The summed E-state index contributed by atoms with van der Waals surface area (Å²) in [6, 6.07) is 9.90. The molecule has 0 unspecified atom stereocenters. The molecule has 2 heterocycles. The van der Waals surface area contributed by atoms with E-state index >= 15 is 0 Å². The molecule has 0 radical (unpaired) electrons. The summed E-state index contributed by atoms with van der Waals surface area (Å²) in [6.45, 7) is 1.96. The van der Waals surface area contributed by atoms with Crippen LogP contribution in [-0.2, 0) is 31.1 Å². The summed E-state index contributed by atoms with van der Waals surface area (Å²) in [5.74, 6) is 1.41. The molecule has 4 nitrogen and oxygen atoms in total. The highest BCUT2D eigenvalue weighted by atomic mass is 16.5. The number of aliphatic hydroxyl groups excluding tert-OH is 1. The van der Waals surface area contributed by atoms with Crippen LogP contribution >= 0.6 is 0 Å². The zero-order valence-corrected chi connectivity index (χ0v) is 9.98. The monoisotopic (exact) mass is 245 g/mol. The summed E-state index contributed by atoms with van der Waals surface area (Å²) in [4.78, 5) is 0. The minimum atomic E-state index is -0.0593. The van der Waals surface area contributed by atoms with Gasteiger partial charge < -0.3 is 19.6 Å². The number of furan rings is 1. The molecule has 0 aliphatic carbocycles. The largest absolute Gasteiger partial charge is 0.462 e. The number of hydrogen-bond acceptors (Lipinski definition) is 4. The molecule has 18 heavy (non-hydrogen) atoms.